The van der Waals surface area contributed by atoms with Gasteiger partial charge in [0, 0.05) is 6.42 Å². The molecule has 0 aromatic heterocycles. The molecule has 0 radical (unpaired) electrons. The van der Waals surface area contributed by atoms with Gasteiger partial charge in [-0.2, -0.15) is 0 Å². The molecule has 2 rings (SSSR count). The van der Waals surface area contributed by atoms with E-state index >= 15 is 0 Å². The fraction of sp³-hybridized carbons (Fsp3) is 0.417. The van der Waals surface area contributed by atoms with E-state index in [0.29, 0.717) is 18.3 Å². The van der Waals surface area contributed by atoms with Crippen LogP contribution in [0.1, 0.15) is 30.7 Å². The number of aliphatic carboxylic acids is 1. The summed E-state index contributed by atoms with van der Waals surface area (Å²) in [5.41, 5.74) is 1.36. The Kier molecular flexibility index (Phi) is 2.53. The fourth-order valence-corrected chi connectivity index (χ4v) is 1.98. The van der Waals surface area contributed by atoms with Gasteiger partial charge in [0.25, 0.3) is 0 Å². The Hall–Kier alpha value is -1.31. The SMILES string of the molecule is O=C(O)CC[C@H]1C[C@@H]1c1ccccc1. The predicted molar refractivity (Wildman–Crippen MR) is 54.2 cm³/mol. The average molecular weight is 190 g/mol. The third-order valence-electron chi connectivity index (χ3n) is 2.88. The van der Waals surface area contributed by atoms with Crippen molar-refractivity contribution in [2.75, 3.05) is 0 Å². The van der Waals surface area contributed by atoms with Crippen LogP contribution >= 0.6 is 0 Å². The van der Waals surface area contributed by atoms with Crippen LogP contribution < -0.4 is 0 Å². The largest absolute Gasteiger partial charge is 0.481 e. The van der Waals surface area contributed by atoms with Crippen LogP contribution in [0.15, 0.2) is 30.3 Å². The molecular weight excluding hydrogens is 176 g/mol. The summed E-state index contributed by atoms with van der Waals surface area (Å²) < 4.78 is 0. The third kappa shape index (κ3) is 2.13. The second-order valence-electron chi connectivity index (χ2n) is 3.95. The molecule has 0 amide bonds. The van der Waals surface area contributed by atoms with Crippen molar-refractivity contribution in [3.05, 3.63) is 35.9 Å². The van der Waals surface area contributed by atoms with E-state index < -0.39 is 5.97 Å². The van der Waals surface area contributed by atoms with Gasteiger partial charge in [-0.25, -0.2) is 0 Å². The number of carboxylic acids is 1. The van der Waals surface area contributed by atoms with Crippen molar-refractivity contribution in [2.24, 2.45) is 5.92 Å². The molecule has 1 aliphatic carbocycles. The molecule has 1 fully saturated rings. The molecule has 0 heterocycles. The Labute approximate surface area is 83.6 Å². The molecule has 1 N–H and O–H groups in total. The molecule has 74 valence electrons. The molecule has 2 atom stereocenters. The fourth-order valence-electron chi connectivity index (χ4n) is 1.98. The van der Waals surface area contributed by atoms with E-state index in [2.05, 4.69) is 12.1 Å². The van der Waals surface area contributed by atoms with E-state index in [1.165, 1.54) is 5.56 Å². The quantitative estimate of drug-likeness (QED) is 0.792. The molecule has 2 nitrogen and oxygen atoms in total. The Bertz CT molecular complexity index is 318. The second kappa shape index (κ2) is 3.82. The van der Waals surface area contributed by atoms with Crippen LogP contribution in [-0.2, 0) is 4.79 Å². The predicted octanol–water partition coefficient (Wildman–Crippen LogP) is 2.65. The highest BCUT2D eigenvalue weighted by Crippen LogP contribution is 2.49. The van der Waals surface area contributed by atoms with Crippen molar-refractivity contribution in [1.82, 2.24) is 0 Å². The van der Waals surface area contributed by atoms with Crippen LogP contribution in [0.4, 0.5) is 0 Å². The lowest BCUT2D eigenvalue weighted by Crippen LogP contribution is -1.95. The summed E-state index contributed by atoms with van der Waals surface area (Å²) in [5, 5.41) is 8.55. The zero-order valence-corrected chi connectivity index (χ0v) is 8.02. The third-order valence-corrected chi connectivity index (χ3v) is 2.88. The van der Waals surface area contributed by atoms with E-state index in [1.54, 1.807) is 0 Å². The van der Waals surface area contributed by atoms with E-state index in [4.69, 9.17) is 5.11 Å². The van der Waals surface area contributed by atoms with E-state index in [9.17, 15) is 4.79 Å². The van der Waals surface area contributed by atoms with Crippen molar-refractivity contribution in [2.45, 2.75) is 25.2 Å². The normalized spacial score (nSPS) is 24.6. The number of rotatable bonds is 4. The standard InChI is InChI=1S/C12H14O2/c13-12(14)7-6-10-8-11(10)9-4-2-1-3-5-9/h1-5,10-11H,6-8H2,(H,13,14)/t10-,11+/m0/s1. The van der Waals surface area contributed by atoms with Gasteiger partial charge in [-0.3, -0.25) is 4.79 Å². The molecule has 1 saturated carbocycles. The molecule has 1 aromatic carbocycles. The van der Waals surface area contributed by atoms with Gasteiger partial charge in [0.1, 0.15) is 0 Å². The highest BCUT2D eigenvalue weighted by molar-refractivity contribution is 5.66. The molecule has 0 aliphatic heterocycles. The van der Waals surface area contributed by atoms with Crippen LogP contribution in [0.25, 0.3) is 0 Å². The lowest BCUT2D eigenvalue weighted by Gasteiger charge is -1.98. The van der Waals surface area contributed by atoms with E-state index in [-0.39, 0.29) is 0 Å². The molecule has 0 bridgehead atoms. The molecule has 14 heavy (non-hydrogen) atoms. The Morgan fingerprint density at radius 2 is 2.07 bits per heavy atom. The highest BCUT2D eigenvalue weighted by atomic mass is 16.4. The summed E-state index contributed by atoms with van der Waals surface area (Å²) in [6, 6.07) is 10.4. The maximum atomic E-state index is 10.4. The van der Waals surface area contributed by atoms with E-state index in [1.807, 2.05) is 18.2 Å². The minimum Gasteiger partial charge on any atom is -0.481 e. The Morgan fingerprint density at radius 1 is 1.36 bits per heavy atom. The number of carboxylic acid groups (broad SMARTS) is 1. The van der Waals surface area contributed by atoms with Crippen LogP contribution in [0, 0.1) is 5.92 Å². The van der Waals surface area contributed by atoms with Crippen molar-refractivity contribution in [3.63, 3.8) is 0 Å². The maximum Gasteiger partial charge on any atom is 0.303 e. The van der Waals surface area contributed by atoms with Crippen molar-refractivity contribution in [1.29, 1.82) is 0 Å². The van der Waals surface area contributed by atoms with Gasteiger partial charge in [0.2, 0.25) is 0 Å². The molecule has 2 heteroatoms. The molecule has 1 aliphatic rings. The van der Waals surface area contributed by atoms with Gasteiger partial charge in [-0.15, -0.1) is 0 Å². The molecule has 0 spiro atoms. The van der Waals surface area contributed by atoms with Crippen LogP contribution in [0.2, 0.25) is 0 Å². The monoisotopic (exact) mass is 190 g/mol. The lowest BCUT2D eigenvalue weighted by atomic mass is 10.1. The van der Waals surface area contributed by atoms with Crippen LogP contribution in [-0.4, -0.2) is 11.1 Å². The average Bonchev–Trinajstić information content (AvgIpc) is 2.95. The minimum absolute atomic E-state index is 0.313. The summed E-state index contributed by atoms with van der Waals surface area (Å²) in [5.74, 6) is 0.549. The summed E-state index contributed by atoms with van der Waals surface area (Å²) in [6.45, 7) is 0. The zero-order valence-electron chi connectivity index (χ0n) is 8.02. The van der Waals surface area contributed by atoms with Gasteiger partial charge in [-0.1, -0.05) is 30.3 Å². The van der Waals surface area contributed by atoms with Gasteiger partial charge in [0.05, 0.1) is 0 Å². The van der Waals surface area contributed by atoms with Crippen LogP contribution in [0.5, 0.6) is 0 Å². The van der Waals surface area contributed by atoms with Crippen molar-refractivity contribution >= 4 is 5.97 Å². The maximum absolute atomic E-state index is 10.4. The molecular formula is C12H14O2. The molecule has 1 aromatic rings. The topological polar surface area (TPSA) is 37.3 Å². The van der Waals surface area contributed by atoms with E-state index in [0.717, 1.165) is 12.8 Å². The van der Waals surface area contributed by atoms with Crippen molar-refractivity contribution in [3.8, 4) is 0 Å². The summed E-state index contributed by atoms with van der Waals surface area (Å²) in [4.78, 5) is 10.4. The number of carbonyl (C=O) groups is 1. The van der Waals surface area contributed by atoms with Gasteiger partial charge in [0.15, 0.2) is 0 Å². The van der Waals surface area contributed by atoms with Gasteiger partial charge < -0.3 is 5.11 Å². The second-order valence-corrected chi connectivity index (χ2v) is 3.95. The summed E-state index contributed by atoms with van der Waals surface area (Å²) >= 11 is 0. The first-order valence-electron chi connectivity index (χ1n) is 5.04. The first-order valence-corrected chi connectivity index (χ1v) is 5.04. The molecule has 0 unspecified atom stereocenters. The smallest absolute Gasteiger partial charge is 0.303 e. The minimum atomic E-state index is -0.677. The highest BCUT2D eigenvalue weighted by Gasteiger charge is 2.37. The van der Waals surface area contributed by atoms with Gasteiger partial charge in [-0.05, 0) is 30.2 Å². The lowest BCUT2D eigenvalue weighted by molar-refractivity contribution is -0.137. The summed E-state index contributed by atoms with van der Waals surface area (Å²) in [6.07, 6.45) is 2.31. The first kappa shape index (κ1) is 9.25. The van der Waals surface area contributed by atoms with Crippen molar-refractivity contribution < 1.29 is 9.90 Å². The number of benzene rings is 1. The first-order chi connectivity index (χ1) is 6.77. The van der Waals surface area contributed by atoms with Crippen LogP contribution in [0.3, 0.4) is 0 Å². The zero-order chi connectivity index (χ0) is 9.97. The Morgan fingerprint density at radius 3 is 2.71 bits per heavy atom. The summed E-state index contributed by atoms with van der Waals surface area (Å²) in [7, 11) is 0. The number of hydrogen-bond donors (Lipinski definition) is 1. The number of hydrogen-bond acceptors (Lipinski definition) is 1. The molecule has 0 saturated heterocycles. The Balaban J connectivity index is 1.85. The van der Waals surface area contributed by atoms with Gasteiger partial charge >= 0.3 is 5.97 Å².